The summed E-state index contributed by atoms with van der Waals surface area (Å²) in [4.78, 5) is 0.228. The highest BCUT2D eigenvalue weighted by Crippen LogP contribution is 2.12. The summed E-state index contributed by atoms with van der Waals surface area (Å²) in [5.41, 5.74) is 0. The number of hydrogen-bond donors (Lipinski definition) is 2. The van der Waals surface area contributed by atoms with Gasteiger partial charge in [-0.1, -0.05) is 34.6 Å². The SMILES string of the molecule is CCC(NS(=O)(=O)c1cnn(CCNC(C)C)c1)C(C)C. The fourth-order valence-electron chi connectivity index (χ4n) is 2.03. The van der Waals surface area contributed by atoms with E-state index < -0.39 is 10.0 Å². The van der Waals surface area contributed by atoms with E-state index in [1.807, 2.05) is 20.8 Å². The van der Waals surface area contributed by atoms with Crippen molar-refractivity contribution in [3.8, 4) is 0 Å². The zero-order valence-corrected chi connectivity index (χ0v) is 14.4. The number of aromatic nitrogens is 2. The zero-order chi connectivity index (χ0) is 16.0. The minimum Gasteiger partial charge on any atom is -0.313 e. The highest BCUT2D eigenvalue weighted by Gasteiger charge is 2.22. The summed E-state index contributed by atoms with van der Waals surface area (Å²) in [6.07, 6.45) is 3.76. The second-order valence-electron chi connectivity index (χ2n) is 5.93. The predicted molar refractivity (Wildman–Crippen MR) is 84.6 cm³/mol. The number of nitrogens with one attached hydrogen (secondary N) is 2. The Hall–Kier alpha value is -0.920. The minimum absolute atomic E-state index is 0.0547. The molecule has 0 radical (unpaired) electrons. The summed E-state index contributed by atoms with van der Waals surface area (Å²) in [6, 6.07) is 0.350. The fourth-order valence-corrected chi connectivity index (χ4v) is 3.45. The number of nitrogens with zero attached hydrogens (tertiary/aromatic N) is 2. The topological polar surface area (TPSA) is 76.0 Å². The lowest BCUT2D eigenvalue weighted by Gasteiger charge is -2.19. The third-order valence-electron chi connectivity index (χ3n) is 3.36. The van der Waals surface area contributed by atoms with Crippen molar-refractivity contribution >= 4 is 10.0 Å². The van der Waals surface area contributed by atoms with E-state index in [0.717, 1.165) is 13.0 Å². The van der Waals surface area contributed by atoms with Gasteiger partial charge < -0.3 is 5.32 Å². The van der Waals surface area contributed by atoms with Gasteiger partial charge >= 0.3 is 0 Å². The molecule has 7 heteroatoms. The lowest BCUT2D eigenvalue weighted by atomic mass is 10.0. The van der Waals surface area contributed by atoms with Crippen LogP contribution in [0.25, 0.3) is 0 Å². The minimum atomic E-state index is -3.49. The molecule has 21 heavy (non-hydrogen) atoms. The molecule has 1 unspecified atom stereocenters. The third kappa shape index (κ3) is 5.76. The van der Waals surface area contributed by atoms with Crippen LogP contribution in [0.3, 0.4) is 0 Å². The van der Waals surface area contributed by atoms with Gasteiger partial charge in [-0.2, -0.15) is 5.10 Å². The van der Waals surface area contributed by atoms with Crippen LogP contribution >= 0.6 is 0 Å². The van der Waals surface area contributed by atoms with E-state index in [0.29, 0.717) is 12.6 Å². The molecule has 1 heterocycles. The van der Waals surface area contributed by atoms with Crippen LogP contribution in [0.4, 0.5) is 0 Å². The maximum atomic E-state index is 12.3. The summed E-state index contributed by atoms with van der Waals surface area (Å²) >= 11 is 0. The van der Waals surface area contributed by atoms with Crippen molar-refractivity contribution in [2.45, 2.75) is 64.6 Å². The smallest absolute Gasteiger partial charge is 0.243 e. The Morgan fingerprint density at radius 3 is 2.48 bits per heavy atom. The molecule has 0 aromatic carbocycles. The van der Waals surface area contributed by atoms with Crippen LogP contribution in [0.5, 0.6) is 0 Å². The van der Waals surface area contributed by atoms with Gasteiger partial charge in [-0.05, 0) is 12.3 Å². The molecule has 6 nitrogen and oxygen atoms in total. The lowest BCUT2D eigenvalue weighted by Crippen LogP contribution is -2.37. The van der Waals surface area contributed by atoms with Crippen molar-refractivity contribution in [2.24, 2.45) is 5.92 Å². The zero-order valence-electron chi connectivity index (χ0n) is 13.6. The quantitative estimate of drug-likeness (QED) is 0.725. The van der Waals surface area contributed by atoms with Gasteiger partial charge in [-0.15, -0.1) is 0 Å². The fraction of sp³-hybridized carbons (Fsp3) is 0.786. The van der Waals surface area contributed by atoms with Gasteiger partial charge in [-0.25, -0.2) is 13.1 Å². The summed E-state index contributed by atoms with van der Waals surface area (Å²) in [6.45, 7) is 11.5. The van der Waals surface area contributed by atoms with E-state index in [4.69, 9.17) is 0 Å². The Morgan fingerprint density at radius 2 is 1.95 bits per heavy atom. The van der Waals surface area contributed by atoms with E-state index >= 15 is 0 Å². The summed E-state index contributed by atoms with van der Waals surface area (Å²) < 4.78 is 29.0. The second-order valence-corrected chi connectivity index (χ2v) is 7.64. The normalized spacial score (nSPS) is 14.0. The Bertz CT molecular complexity index is 523. The maximum Gasteiger partial charge on any atom is 0.243 e. The van der Waals surface area contributed by atoms with E-state index in [9.17, 15) is 8.42 Å². The molecule has 0 aliphatic carbocycles. The third-order valence-corrected chi connectivity index (χ3v) is 4.81. The van der Waals surface area contributed by atoms with Crippen LogP contribution in [0.2, 0.25) is 0 Å². The van der Waals surface area contributed by atoms with Crippen LogP contribution in [0, 0.1) is 5.92 Å². The van der Waals surface area contributed by atoms with E-state index in [2.05, 4.69) is 29.0 Å². The summed E-state index contributed by atoms with van der Waals surface area (Å²) in [5.74, 6) is 0.259. The van der Waals surface area contributed by atoms with Gasteiger partial charge in [0.2, 0.25) is 10.0 Å². The average molecular weight is 316 g/mol. The van der Waals surface area contributed by atoms with Gasteiger partial charge in [0.1, 0.15) is 4.90 Å². The van der Waals surface area contributed by atoms with E-state index in [1.165, 1.54) is 6.20 Å². The van der Waals surface area contributed by atoms with Crippen LogP contribution < -0.4 is 10.0 Å². The van der Waals surface area contributed by atoms with Crippen molar-refractivity contribution in [2.75, 3.05) is 6.54 Å². The van der Waals surface area contributed by atoms with Gasteiger partial charge in [0.05, 0.1) is 12.7 Å². The molecule has 0 aliphatic rings. The van der Waals surface area contributed by atoms with Gasteiger partial charge in [0, 0.05) is 24.8 Å². The van der Waals surface area contributed by atoms with Crippen LogP contribution in [-0.4, -0.2) is 36.8 Å². The van der Waals surface area contributed by atoms with Crippen molar-refractivity contribution in [3.63, 3.8) is 0 Å². The Kier molecular flexibility index (Phi) is 6.83. The van der Waals surface area contributed by atoms with Gasteiger partial charge in [0.15, 0.2) is 0 Å². The molecule has 0 amide bonds. The molecule has 0 bridgehead atoms. The molecule has 2 N–H and O–H groups in total. The van der Waals surface area contributed by atoms with Crippen molar-refractivity contribution in [3.05, 3.63) is 12.4 Å². The molecule has 0 aliphatic heterocycles. The van der Waals surface area contributed by atoms with Crippen LogP contribution in [0.15, 0.2) is 17.3 Å². The van der Waals surface area contributed by atoms with Crippen molar-refractivity contribution in [1.82, 2.24) is 19.8 Å². The largest absolute Gasteiger partial charge is 0.313 e. The first-order valence-electron chi connectivity index (χ1n) is 7.54. The standard InChI is InChI=1S/C14H28N4O2S/c1-6-14(11(2)3)17-21(19,20)13-9-16-18(10-13)8-7-15-12(4)5/h9-12,14-15,17H,6-8H2,1-5H3. The average Bonchev–Trinajstić information content (AvgIpc) is 2.85. The van der Waals surface area contributed by atoms with Gasteiger partial charge in [-0.3, -0.25) is 4.68 Å². The number of rotatable bonds is 9. The molecule has 0 fully saturated rings. The Morgan fingerprint density at radius 1 is 1.29 bits per heavy atom. The molecule has 1 aromatic heterocycles. The highest BCUT2D eigenvalue weighted by atomic mass is 32.2. The van der Waals surface area contributed by atoms with Gasteiger partial charge in [0.25, 0.3) is 0 Å². The molecule has 0 saturated heterocycles. The van der Waals surface area contributed by atoms with Crippen molar-refractivity contribution < 1.29 is 8.42 Å². The molecular weight excluding hydrogens is 288 g/mol. The molecule has 0 saturated carbocycles. The first kappa shape index (κ1) is 18.1. The molecule has 1 atom stereocenters. The maximum absolute atomic E-state index is 12.3. The molecular formula is C14H28N4O2S. The molecule has 122 valence electrons. The highest BCUT2D eigenvalue weighted by molar-refractivity contribution is 7.89. The Labute approximate surface area is 128 Å². The van der Waals surface area contributed by atoms with Crippen LogP contribution in [-0.2, 0) is 16.6 Å². The first-order chi connectivity index (χ1) is 9.76. The van der Waals surface area contributed by atoms with Crippen molar-refractivity contribution in [1.29, 1.82) is 0 Å². The molecule has 1 rings (SSSR count). The monoisotopic (exact) mass is 316 g/mol. The predicted octanol–water partition coefficient (Wildman–Crippen LogP) is 1.59. The Balaban J connectivity index is 2.69. The molecule has 1 aromatic rings. The number of sulfonamides is 1. The molecule has 0 spiro atoms. The van der Waals surface area contributed by atoms with Crippen LogP contribution in [0.1, 0.15) is 41.0 Å². The lowest BCUT2D eigenvalue weighted by molar-refractivity contribution is 0.437. The van der Waals surface area contributed by atoms with E-state index in [-0.39, 0.29) is 16.9 Å². The second kappa shape index (κ2) is 7.91. The summed E-state index contributed by atoms with van der Waals surface area (Å²) in [7, 11) is -3.49. The summed E-state index contributed by atoms with van der Waals surface area (Å²) in [5, 5.41) is 7.39. The first-order valence-corrected chi connectivity index (χ1v) is 9.02. The number of hydrogen-bond acceptors (Lipinski definition) is 4. The van der Waals surface area contributed by atoms with E-state index in [1.54, 1.807) is 10.9 Å².